The van der Waals surface area contributed by atoms with E-state index < -0.39 is 17.8 Å². The molecule has 1 fully saturated rings. The van der Waals surface area contributed by atoms with Crippen LogP contribution in [-0.2, 0) is 9.59 Å². The number of hydrogen-bond donors (Lipinski definition) is 2. The predicted octanol–water partition coefficient (Wildman–Crippen LogP) is 2.82. The van der Waals surface area contributed by atoms with Crippen molar-refractivity contribution in [2.45, 2.75) is 38.6 Å². The van der Waals surface area contributed by atoms with Crippen molar-refractivity contribution in [3.8, 4) is 0 Å². The maximum Gasteiger partial charge on any atom is 0.315 e. The molecule has 5 heteroatoms. The molecule has 2 N–H and O–H groups in total. The first-order valence-electron chi connectivity index (χ1n) is 6.66. The number of hydrogen-bond acceptors (Lipinski definition) is 3. The quantitative estimate of drug-likeness (QED) is 0.816. The van der Waals surface area contributed by atoms with Gasteiger partial charge in [-0.3, -0.25) is 9.59 Å². The molecule has 1 aliphatic rings. The number of amides is 1. The van der Waals surface area contributed by atoms with Crippen molar-refractivity contribution in [2.75, 3.05) is 0 Å². The zero-order valence-electron chi connectivity index (χ0n) is 11.0. The molecule has 0 aliphatic heterocycles. The van der Waals surface area contributed by atoms with Gasteiger partial charge in [0, 0.05) is 4.88 Å². The lowest BCUT2D eigenvalue weighted by Crippen LogP contribution is -2.38. The third-order valence-corrected chi connectivity index (χ3v) is 4.74. The highest BCUT2D eigenvalue weighted by Gasteiger charge is 2.31. The summed E-state index contributed by atoms with van der Waals surface area (Å²) in [7, 11) is 0. The summed E-state index contributed by atoms with van der Waals surface area (Å²) in [5, 5.41) is 13.8. The van der Waals surface area contributed by atoms with Crippen molar-refractivity contribution < 1.29 is 14.7 Å². The van der Waals surface area contributed by atoms with Crippen molar-refractivity contribution in [1.82, 2.24) is 5.32 Å². The second-order valence-corrected chi connectivity index (χ2v) is 6.09. The van der Waals surface area contributed by atoms with Gasteiger partial charge in [-0.25, -0.2) is 0 Å². The zero-order chi connectivity index (χ0) is 13.8. The van der Waals surface area contributed by atoms with E-state index in [1.807, 2.05) is 17.5 Å². The van der Waals surface area contributed by atoms with E-state index in [0.29, 0.717) is 5.92 Å². The van der Waals surface area contributed by atoms with Crippen LogP contribution in [-0.4, -0.2) is 17.0 Å². The van der Waals surface area contributed by atoms with Gasteiger partial charge < -0.3 is 10.4 Å². The van der Waals surface area contributed by atoms with Crippen LogP contribution in [0.15, 0.2) is 17.5 Å². The van der Waals surface area contributed by atoms with Crippen LogP contribution >= 0.6 is 11.3 Å². The number of carbonyl (C=O) groups excluding carboxylic acids is 1. The van der Waals surface area contributed by atoms with Crippen LogP contribution in [0.2, 0.25) is 0 Å². The van der Waals surface area contributed by atoms with E-state index in [1.165, 1.54) is 19.8 Å². The van der Waals surface area contributed by atoms with Crippen molar-refractivity contribution in [2.24, 2.45) is 11.8 Å². The SMILES string of the molecule is CC(C(=O)O)C(=O)NC(c1cccs1)C1CCCC1. The molecule has 1 aromatic rings. The van der Waals surface area contributed by atoms with Gasteiger partial charge in [0.1, 0.15) is 5.92 Å². The number of carbonyl (C=O) groups is 2. The first-order chi connectivity index (χ1) is 9.09. The molecule has 0 spiro atoms. The summed E-state index contributed by atoms with van der Waals surface area (Å²) in [6, 6.07) is 3.95. The van der Waals surface area contributed by atoms with Gasteiger partial charge in [0.15, 0.2) is 0 Å². The number of thiophene rings is 1. The van der Waals surface area contributed by atoms with E-state index in [2.05, 4.69) is 5.32 Å². The molecular weight excluding hydrogens is 262 g/mol. The Morgan fingerprint density at radius 2 is 2.11 bits per heavy atom. The Labute approximate surface area is 116 Å². The molecule has 0 saturated heterocycles. The normalized spacial score (nSPS) is 19.0. The van der Waals surface area contributed by atoms with E-state index >= 15 is 0 Å². The molecule has 1 saturated carbocycles. The summed E-state index contributed by atoms with van der Waals surface area (Å²) in [6.07, 6.45) is 4.59. The summed E-state index contributed by atoms with van der Waals surface area (Å²) in [6.45, 7) is 1.43. The molecule has 0 radical (unpaired) electrons. The summed E-state index contributed by atoms with van der Waals surface area (Å²) < 4.78 is 0. The van der Waals surface area contributed by atoms with Crippen molar-refractivity contribution >= 4 is 23.2 Å². The molecule has 2 rings (SSSR count). The van der Waals surface area contributed by atoms with Crippen LogP contribution in [0.4, 0.5) is 0 Å². The van der Waals surface area contributed by atoms with E-state index in [1.54, 1.807) is 11.3 Å². The third kappa shape index (κ3) is 3.35. The summed E-state index contributed by atoms with van der Waals surface area (Å²) in [4.78, 5) is 24.0. The molecule has 1 amide bonds. The second kappa shape index (κ2) is 6.19. The van der Waals surface area contributed by atoms with Crippen LogP contribution in [0.3, 0.4) is 0 Å². The van der Waals surface area contributed by atoms with Gasteiger partial charge in [-0.2, -0.15) is 0 Å². The first-order valence-corrected chi connectivity index (χ1v) is 7.54. The van der Waals surface area contributed by atoms with E-state index in [-0.39, 0.29) is 6.04 Å². The van der Waals surface area contributed by atoms with Crippen molar-refractivity contribution in [1.29, 1.82) is 0 Å². The third-order valence-electron chi connectivity index (χ3n) is 3.78. The maximum absolute atomic E-state index is 12.0. The fraction of sp³-hybridized carbons (Fsp3) is 0.571. The van der Waals surface area contributed by atoms with Gasteiger partial charge in [0.05, 0.1) is 6.04 Å². The summed E-state index contributed by atoms with van der Waals surface area (Å²) in [5.41, 5.74) is 0. The Kier molecular flexibility index (Phi) is 4.58. The summed E-state index contributed by atoms with van der Waals surface area (Å²) in [5.74, 6) is -2.03. The molecule has 1 aliphatic carbocycles. The molecule has 1 heterocycles. The van der Waals surface area contributed by atoms with Gasteiger partial charge in [0.25, 0.3) is 0 Å². The minimum Gasteiger partial charge on any atom is -0.481 e. The topological polar surface area (TPSA) is 66.4 Å². The van der Waals surface area contributed by atoms with Gasteiger partial charge in [-0.1, -0.05) is 18.9 Å². The Bertz CT molecular complexity index is 438. The highest BCUT2D eigenvalue weighted by atomic mass is 32.1. The Morgan fingerprint density at radius 1 is 1.42 bits per heavy atom. The molecule has 2 unspecified atom stereocenters. The van der Waals surface area contributed by atoms with Crippen LogP contribution in [0.25, 0.3) is 0 Å². The predicted molar refractivity (Wildman–Crippen MR) is 74.0 cm³/mol. The highest BCUT2D eigenvalue weighted by molar-refractivity contribution is 7.10. The average molecular weight is 281 g/mol. The van der Waals surface area contributed by atoms with Gasteiger partial charge in [-0.15, -0.1) is 11.3 Å². The average Bonchev–Trinajstić information content (AvgIpc) is 3.07. The fourth-order valence-corrected chi connectivity index (χ4v) is 3.44. The lowest BCUT2D eigenvalue weighted by molar-refractivity contribution is -0.146. The Morgan fingerprint density at radius 3 is 2.63 bits per heavy atom. The molecule has 4 nitrogen and oxygen atoms in total. The van der Waals surface area contributed by atoms with Gasteiger partial charge in [-0.05, 0) is 37.1 Å². The Hall–Kier alpha value is -1.36. The zero-order valence-corrected chi connectivity index (χ0v) is 11.8. The van der Waals surface area contributed by atoms with Gasteiger partial charge >= 0.3 is 5.97 Å². The van der Waals surface area contributed by atoms with Crippen LogP contribution in [0.1, 0.15) is 43.5 Å². The maximum atomic E-state index is 12.0. The van der Waals surface area contributed by atoms with E-state index in [9.17, 15) is 9.59 Å². The van der Waals surface area contributed by atoms with Crippen molar-refractivity contribution in [3.63, 3.8) is 0 Å². The number of carboxylic acid groups (broad SMARTS) is 1. The number of carboxylic acids is 1. The molecule has 2 atom stereocenters. The molecule has 0 aromatic carbocycles. The molecule has 1 aromatic heterocycles. The molecule has 0 bridgehead atoms. The lowest BCUT2D eigenvalue weighted by Gasteiger charge is -2.24. The summed E-state index contributed by atoms with van der Waals surface area (Å²) >= 11 is 1.62. The number of aliphatic carboxylic acids is 1. The number of rotatable bonds is 5. The minimum atomic E-state index is -1.08. The minimum absolute atomic E-state index is 0.0307. The Balaban J connectivity index is 2.10. The van der Waals surface area contributed by atoms with Gasteiger partial charge in [0.2, 0.25) is 5.91 Å². The van der Waals surface area contributed by atoms with E-state index in [4.69, 9.17) is 5.11 Å². The second-order valence-electron chi connectivity index (χ2n) is 5.11. The van der Waals surface area contributed by atoms with Crippen molar-refractivity contribution in [3.05, 3.63) is 22.4 Å². The lowest BCUT2D eigenvalue weighted by atomic mass is 9.96. The smallest absolute Gasteiger partial charge is 0.315 e. The highest BCUT2D eigenvalue weighted by Crippen LogP contribution is 2.37. The van der Waals surface area contributed by atoms with Crippen LogP contribution in [0, 0.1) is 11.8 Å². The van der Waals surface area contributed by atoms with Crippen LogP contribution in [0.5, 0.6) is 0 Å². The standard InChI is InChI=1S/C14H19NO3S/c1-9(14(17)18)13(16)15-12(10-5-2-3-6-10)11-7-4-8-19-11/h4,7-10,12H,2-3,5-6H2,1H3,(H,15,16)(H,17,18). The monoisotopic (exact) mass is 281 g/mol. The molecule has 104 valence electrons. The largest absolute Gasteiger partial charge is 0.481 e. The fourth-order valence-electron chi connectivity index (χ4n) is 2.57. The first kappa shape index (κ1) is 14.1. The van der Waals surface area contributed by atoms with E-state index in [0.717, 1.165) is 17.7 Å². The molecular formula is C14H19NO3S. The molecule has 19 heavy (non-hydrogen) atoms. The number of nitrogens with one attached hydrogen (secondary N) is 1. The van der Waals surface area contributed by atoms with Crippen LogP contribution < -0.4 is 5.32 Å².